The fraction of sp³-hybridized carbons (Fsp3) is 0.480. The summed E-state index contributed by atoms with van der Waals surface area (Å²) in [6, 6.07) is 26.3. The topological polar surface area (TPSA) is 119 Å². The maximum absolute atomic E-state index is 11.9. The molecule has 4 bridgehead atoms. The van der Waals surface area contributed by atoms with Crippen molar-refractivity contribution in [1.29, 1.82) is 0 Å². The van der Waals surface area contributed by atoms with Crippen molar-refractivity contribution in [1.82, 2.24) is 9.80 Å². The normalized spacial score (nSPS) is 26.0. The van der Waals surface area contributed by atoms with Crippen LogP contribution in [-0.2, 0) is 27.4 Å². The van der Waals surface area contributed by atoms with Crippen LogP contribution < -0.4 is 28.3 Å². The Morgan fingerprint density at radius 3 is 1.43 bits per heavy atom. The van der Waals surface area contributed by atoms with Crippen molar-refractivity contribution in [2.24, 2.45) is 35.5 Å². The number of carboxylic acid groups (broad SMARTS) is 1. The third kappa shape index (κ3) is 10.3. The molecule has 60 heavy (non-hydrogen) atoms. The maximum atomic E-state index is 11.9. The molecule has 2 saturated carbocycles. The second-order valence-electron chi connectivity index (χ2n) is 17.8. The zero-order valence-corrected chi connectivity index (χ0v) is 35.3. The summed E-state index contributed by atoms with van der Waals surface area (Å²) in [5, 5.41) is 14.1. The molecule has 4 aromatic carbocycles. The number of esters is 1. The third-order valence-electron chi connectivity index (χ3n) is 13.7. The summed E-state index contributed by atoms with van der Waals surface area (Å²) in [7, 11) is 0. The van der Waals surface area contributed by atoms with Gasteiger partial charge in [-0.15, -0.1) is 0 Å². The van der Waals surface area contributed by atoms with Crippen molar-refractivity contribution in [2.75, 3.05) is 32.8 Å². The minimum atomic E-state index is -0.648. The number of aliphatic carboxylic acids is 1. The summed E-state index contributed by atoms with van der Waals surface area (Å²) in [5.74, 6) is 3.83. The molecule has 0 radical (unpaired) electrons. The number of benzene rings is 4. The number of nitrogens with zero attached hydrogens (tertiary/aromatic N) is 2. The van der Waals surface area contributed by atoms with E-state index in [1.165, 1.54) is 45.5 Å². The predicted octanol–water partition coefficient (Wildman–Crippen LogP) is 6.27. The van der Waals surface area contributed by atoms with Gasteiger partial charge in [0.15, 0.2) is 0 Å². The van der Waals surface area contributed by atoms with E-state index >= 15 is 0 Å². The first-order valence-corrected chi connectivity index (χ1v) is 21.9. The van der Waals surface area contributed by atoms with Crippen LogP contribution in [0.1, 0.15) is 69.4 Å². The molecule has 4 aliphatic carbocycles. The number of hydrogen-bond donors (Lipinski definition) is 1. The first-order valence-electron chi connectivity index (χ1n) is 21.9. The van der Waals surface area contributed by atoms with Gasteiger partial charge in [0.25, 0.3) is 0 Å². The van der Waals surface area contributed by atoms with E-state index in [1.807, 2.05) is 6.92 Å². The SMILES string of the molecule is CCOC(=O)C1CCN(Cc2ccc3cc(OC4CC5C=CC4C5)ccc3c2)CC1.O=C(O)C1CCN(Cc2ccc3cc(OC4CC5C=CC4C5)ccc3c2)CC1.[Li+].[OH-]. The van der Waals surface area contributed by atoms with Crippen molar-refractivity contribution >= 4 is 33.5 Å². The predicted molar refractivity (Wildman–Crippen MR) is 230 cm³/mol. The van der Waals surface area contributed by atoms with Crippen LogP contribution in [0.3, 0.4) is 0 Å². The Labute approximate surface area is 366 Å². The largest absolute Gasteiger partial charge is 1.00 e. The first kappa shape index (κ1) is 44.0. The number of rotatable bonds is 11. The third-order valence-corrected chi connectivity index (χ3v) is 13.7. The maximum Gasteiger partial charge on any atom is 1.00 e. The van der Waals surface area contributed by atoms with Gasteiger partial charge in [0.05, 0.1) is 18.4 Å². The number of hydrogen-bond acceptors (Lipinski definition) is 8. The summed E-state index contributed by atoms with van der Waals surface area (Å²) in [6.45, 7) is 7.79. The van der Waals surface area contributed by atoms with Crippen molar-refractivity contribution in [2.45, 2.75) is 83.6 Å². The molecular formula is C50H59LiN2O7. The van der Waals surface area contributed by atoms with E-state index in [0.29, 0.717) is 30.7 Å². The molecule has 0 amide bonds. The molecule has 6 unspecified atom stereocenters. The smallest absolute Gasteiger partial charge is 0.870 e. The zero-order chi connectivity index (χ0) is 39.6. The van der Waals surface area contributed by atoms with Crippen LogP contribution in [0.5, 0.6) is 11.5 Å². The van der Waals surface area contributed by atoms with E-state index in [2.05, 4.69) is 107 Å². The van der Waals surface area contributed by atoms with Crippen molar-refractivity contribution < 1.29 is 53.2 Å². The van der Waals surface area contributed by atoms with E-state index < -0.39 is 5.97 Å². The van der Waals surface area contributed by atoms with Crippen molar-refractivity contribution in [3.63, 3.8) is 0 Å². The summed E-state index contributed by atoms with van der Waals surface area (Å²) < 4.78 is 17.8. The van der Waals surface area contributed by atoms with Crippen LogP contribution in [-0.4, -0.2) is 77.3 Å². The molecule has 4 fully saturated rings. The summed E-state index contributed by atoms with van der Waals surface area (Å²) in [5.41, 5.74) is 2.61. The second-order valence-corrected chi connectivity index (χ2v) is 17.8. The Morgan fingerprint density at radius 1 is 0.600 bits per heavy atom. The number of carbonyl (C=O) groups is 2. The van der Waals surface area contributed by atoms with Crippen molar-refractivity contribution in [3.05, 3.63) is 108 Å². The summed E-state index contributed by atoms with van der Waals surface area (Å²) in [6.07, 6.45) is 18.1. The molecular weight excluding hydrogens is 747 g/mol. The average molecular weight is 807 g/mol. The van der Waals surface area contributed by atoms with E-state index in [4.69, 9.17) is 19.3 Å². The molecule has 4 aromatic rings. The molecule has 10 rings (SSSR count). The van der Waals surface area contributed by atoms with Crippen LogP contribution in [0.25, 0.3) is 21.5 Å². The quantitative estimate of drug-likeness (QED) is 0.106. The Bertz CT molecular complexity index is 2170. The van der Waals surface area contributed by atoms with Crippen LogP contribution in [0.4, 0.5) is 0 Å². The number of likely N-dealkylation sites (tertiary alicyclic amines) is 2. The minimum absolute atomic E-state index is 0. The molecule has 0 aromatic heterocycles. The zero-order valence-electron chi connectivity index (χ0n) is 35.3. The number of piperidine rings is 2. The Balaban J connectivity index is 0.000000176. The Morgan fingerprint density at radius 2 is 1.03 bits per heavy atom. The van der Waals surface area contributed by atoms with Gasteiger partial charge < -0.3 is 24.8 Å². The molecule has 2 N–H and O–H groups in total. The second kappa shape index (κ2) is 19.7. The van der Waals surface area contributed by atoms with E-state index in [-0.39, 0.29) is 42.1 Å². The Hall–Kier alpha value is -4.10. The Kier molecular flexibility index (Phi) is 14.5. The number of carbonyl (C=O) groups excluding carboxylic acids is 1. The number of ether oxygens (including phenoxy) is 3. The van der Waals surface area contributed by atoms with Gasteiger partial charge >= 0.3 is 30.8 Å². The molecule has 10 heteroatoms. The van der Waals surface area contributed by atoms with Gasteiger partial charge in [-0.2, -0.15) is 0 Å². The van der Waals surface area contributed by atoms with Gasteiger partial charge in [0.2, 0.25) is 0 Å². The van der Waals surface area contributed by atoms with Crippen LogP contribution >= 0.6 is 0 Å². The van der Waals surface area contributed by atoms with Gasteiger partial charge in [-0.05, 0) is 165 Å². The van der Waals surface area contributed by atoms with Gasteiger partial charge in [-0.25, -0.2) is 0 Å². The number of allylic oxidation sites excluding steroid dienone is 2. The fourth-order valence-electron chi connectivity index (χ4n) is 10.4. The van der Waals surface area contributed by atoms with E-state index in [0.717, 1.165) is 101 Å². The van der Waals surface area contributed by atoms with Gasteiger partial charge in [-0.3, -0.25) is 19.4 Å². The monoisotopic (exact) mass is 806 g/mol. The molecule has 0 spiro atoms. The van der Waals surface area contributed by atoms with E-state index in [9.17, 15) is 9.59 Å². The van der Waals surface area contributed by atoms with Gasteiger partial charge in [-0.1, -0.05) is 60.7 Å². The summed E-state index contributed by atoms with van der Waals surface area (Å²) in [4.78, 5) is 27.8. The molecule has 2 saturated heterocycles. The van der Waals surface area contributed by atoms with Gasteiger partial charge in [0, 0.05) is 24.9 Å². The van der Waals surface area contributed by atoms with Crippen LogP contribution in [0, 0.1) is 35.5 Å². The molecule has 6 aliphatic rings. The standard InChI is InChI=1S/C26H31NO3.C24H27NO3.Li.H2O/c1-2-29-26(28)20-9-11-27(12-10-20)17-19-4-5-22-16-24(8-7-21(22)14-19)30-25-15-18-3-6-23(25)13-18;26-24(27)18-7-9-25(10-8-18)15-17-2-3-20-14-22(6-5-19(20)12-17)28-23-13-16-1-4-21(23)11-16;;/h3-8,14,16,18,20,23,25H,2,9-13,15,17H2,1H3;1-6,12,14,16,18,21,23H,7-11,13,15H2,(H,26,27);;1H2/q;;+1;/p-1. The molecule has 312 valence electrons. The number of fused-ring (bicyclic) bond motifs is 6. The number of carboxylic acids is 1. The molecule has 6 atom stereocenters. The molecule has 9 nitrogen and oxygen atoms in total. The fourth-order valence-corrected chi connectivity index (χ4v) is 10.4. The van der Waals surface area contributed by atoms with E-state index in [1.54, 1.807) is 0 Å². The van der Waals surface area contributed by atoms with Gasteiger partial charge in [0.1, 0.15) is 23.7 Å². The summed E-state index contributed by atoms with van der Waals surface area (Å²) >= 11 is 0. The molecule has 2 aliphatic heterocycles. The van der Waals surface area contributed by atoms with Crippen LogP contribution in [0.2, 0.25) is 0 Å². The molecule has 2 heterocycles. The first-order chi connectivity index (χ1) is 28.3. The minimum Gasteiger partial charge on any atom is -0.870 e. The van der Waals surface area contributed by atoms with Crippen molar-refractivity contribution in [3.8, 4) is 11.5 Å². The average Bonchev–Trinajstić information content (AvgIpc) is 4.06. The van der Waals surface area contributed by atoms with Crippen LogP contribution in [0.15, 0.2) is 97.1 Å².